The number of nitrogen functional groups attached to an aromatic ring is 1. The highest BCUT2D eigenvalue weighted by atomic mass is 32.1. The molecule has 1 saturated heterocycles. The van der Waals surface area contributed by atoms with Crippen LogP contribution in [-0.4, -0.2) is 73.0 Å². The Morgan fingerprint density at radius 2 is 2.24 bits per heavy atom. The van der Waals surface area contributed by atoms with Gasteiger partial charge in [-0.05, 0) is 12.2 Å². The molecular weight excluding hydrogens is 354 g/mol. The van der Waals surface area contributed by atoms with E-state index in [0.717, 1.165) is 0 Å². The Balaban J connectivity index is 2.19. The SMILES string of the molecule is COCC[C@@]1(O)[C@H](O)[C@@H](CO)O[C@H]1n1c(=S)[nH]c2c(=O)[nH]c(N)nc21. The summed E-state index contributed by atoms with van der Waals surface area (Å²) in [6, 6.07) is 0. The largest absolute Gasteiger partial charge is 0.394 e. The lowest BCUT2D eigenvalue weighted by Gasteiger charge is -2.31. The average molecular weight is 373 g/mol. The van der Waals surface area contributed by atoms with Crippen LogP contribution in [0.2, 0.25) is 0 Å². The molecule has 0 bridgehead atoms. The predicted molar refractivity (Wildman–Crippen MR) is 88.4 cm³/mol. The number of anilines is 1. The van der Waals surface area contributed by atoms with Crippen LogP contribution in [0.3, 0.4) is 0 Å². The Labute approximate surface area is 146 Å². The number of aliphatic hydroxyl groups is 3. The van der Waals surface area contributed by atoms with Crippen LogP contribution < -0.4 is 11.3 Å². The Morgan fingerprint density at radius 3 is 2.88 bits per heavy atom. The van der Waals surface area contributed by atoms with E-state index in [2.05, 4.69) is 15.0 Å². The van der Waals surface area contributed by atoms with Crippen molar-refractivity contribution < 1.29 is 24.8 Å². The number of hydrogen-bond acceptors (Lipinski definition) is 9. The molecule has 2 aromatic heterocycles. The normalized spacial score (nSPS) is 29.5. The highest BCUT2D eigenvalue weighted by molar-refractivity contribution is 7.71. The molecule has 0 radical (unpaired) electrons. The Hall–Kier alpha value is -1.83. The van der Waals surface area contributed by atoms with Crippen LogP contribution in [0.25, 0.3) is 11.2 Å². The summed E-state index contributed by atoms with van der Waals surface area (Å²) in [6.45, 7) is -0.393. The van der Waals surface area contributed by atoms with Gasteiger partial charge in [0, 0.05) is 20.1 Å². The first-order valence-electron chi connectivity index (χ1n) is 7.49. The highest BCUT2D eigenvalue weighted by Crippen LogP contribution is 2.42. The quantitative estimate of drug-likeness (QED) is 0.337. The van der Waals surface area contributed by atoms with Gasteiger partial charge in [0.2, 0.25) is 5.95 Å². The van der Waals surface area contributed by atoms with Crippen LogP contribution >= 0.6 is 12.2 Å². The van der Waals surface area contributed by atoms with E-state index in [1.54, 1.807) is 0 Å². The molecule has 1 aliphatic rings. The van der Waals surface area contributed by atoms with Crippen LogP contribution in [0, 0.1) is 4.77 Å². The van der Waals surface area contributed by atoms with Crippen molar-refractivity contribution in [1.29, 1.82) is 0 Å². The number of aliphatic hydroxyl groups excluding tert-OH is 2. The molecular formula is C13H19N5O6S. The molecule has 7 N–H and O–H groups in total. The van der Waals surface area contributed by atoms with Gasteiger partial charge in [-0.15, -0.1) is 0 Å². The maximum absolute atomic E-state index is 12.0. The number of aromatic nitrogens is 4. The number of nitrogens with zero attached hydrogens (tertiary/aromatic N) is 2. The second kappa shape index (κ2) is 6.48. The van der Waals surface area contributed by atoms with Gasteiger partial charge < -0.3 is 35.5 Å². The number of rotatable bonds is 5. The van der Waals surface area contributed by atoms with Gasteiger partial charge in [0.05, 0.1) is 6.61 Å². The standard InChI is InChI=1S/C13H19N5O6S/c1-23-3-2-13(22)7(20)5(4-19)24-10(13)18-8-6(15-12(18)25)9(21)17-11(14)16-8/h5,7,10,19-20,22H,2-4H2,1H3,(H,15,25)(H3,14,16,17,21)/t5-,7-,10-,13-/m1/s1. The van der Waals surface area contributed by atoms with E-state index in [4.69, 9.17) is 27.4 Å². The van der Waals surface area contributed by atoms with Crippen molar-refractivity contribution in [3.05, 3.63) is 15.1 Å². The smallest absolute Gasteiger partial charge is 0.278 e. The molecule has 25 heavy (non-hydrogen) atoms. The fourth-order valence-electron chi connectivity index (χ4n) is 3.04. The summed E-state index contributed by atoms with van der Waals surface area (Å²) in [5, 5.41) is 30.9. The molecule has 12 heteroatoms. The van der Waals surface area contributed by atoms with Gasteiger partial charge in [-0.3, -0.25) is 14.3 Å². The molecule has 0 amide bonds. The van der Waals surface area contributed by atoms with Gasteiger partial charge in [-0.25, -0.2) is 0 Å². The number of hydrogen-bond donors (Lipinski definition) is 6. The third-order valence-corrected chi connectivity index (χ3v) is 4.61. The lowest BCUT2D eigenvalue weighted by molar-refractivity contribution is -0.119. The van der Waals surface area contributed by atoms with Gasteiger partial charge in [0.15, 0.2) is 22.2 Å². The maximum Gasteiger partial charge on any atom is 0.278 e. The summed E-state index contributed by atoms with van der Waals surface area (Å²) in [5.74, 6) is -0.141. The molecule has 4 atom stereocenters. The highest BCUT2D eigenvalue weighted by Gasteiger charge is 2.56. The van der Waals surface area contributed by atoms with Crippen LogP contribution in [0.4, 0.5) is 5.95 Å². The second-order valence-electron chi connectivity index (χ2n) is 5.84. The number of fused-ring (bicyclic) bond motifs is 1. The Kier molecular flexibility index (Phi) is 4.66. The zero-order valence-electron chi connectivity index (χ0n) is 13.3. The molecule has 3 heterocycles. The number of imidazole rings is 1. The molecule has 1 fully saturated rings. The predicted octanol–water partition coefficient (Wildman–Crippen LogP) is -1.62. The minimum absolute atomic E-state index is 0.00104. The van der Waals surface area contributed by atoms with E-state index in [0.29, 0.717) is 0 Å². The summed E-state index contributed by atoms with van der Waals surface area (Å²) in [6.07, 6.45) is -3.65. The lowest BCUT2D eigenvalue weighted by Crippen LogP contribution is -2.48. The third-order valence-electron chi connectivity index (χ3n) is 4.31. The van der Waals surface area contributed by atoms with Crippen LogP contribution in [0.15, 0.2) is 4.79 Å². The molecule has 3 rings (SSSR count). The first-order valence-corrected chi connectivity index (χ1v) is 7.90. The topological polar surface area (TPSA) is 172 Å². The van der Waals surface area contributed by atoms with Crippen molar-refractivity contribution in [1.82, 2.24) is 19.5 Å². The first-order chi connectivity index (χ1) is 11.8. The molecule has 1 aliphatic heterocycles. The number of aromatic amines is 2. The van der Waals surface area contributed by atoms with Crippen molar-refractivity contribution in [2.75, 3.05) is 26.1 Å². The number of nitrogens with two attached hydrogens (primary N) is 1. The zero-order valence-corrected chi connectivity index (χ0v) is 14.1. The number of ether oxygens (including phenoxy) is 2. The van der Waals surface area contributed by atoms with Gasteiger partial charge in [0.1, 0.15) is 17.8 Å². The molecule has 0 aliphatic carbocycles. The van der Waals surface area contributed by atoms with Crippen molar-refractivity contribution in [3.63, 3.8) is 0 Å². The summed E-state index contributed by atoms with van der Waals surface area (Å²) in [7, 11) is 1.45. The molecule has 0 spiro atoms. The summed E-state index contributed by atoms with van der Waals surface area (Å²) in [5.41, 5.74) is 3.35. The fraction of sp³-hybridized carbons (Fsp3) is 0.615. The van der Waals surface area contributed by atoms with Gasteiger partial charge in [-0.2, -0.15) is 4.98 Å². The Morgan fingerprint density at radius 1 is 1.52 bits per heavy atom. The number of methoxy groups -OCH3 is 1. The van der Waals surface area contributed by atoms with E-state index in [-0.39, 0.29) is 34.9 Å². The van der Waals surface area contributed by atoms with Crippen LogP contribution in [0.1, 0.15) is 12.6 Å². The van der Waals surface area contributed by atoms with Gasteiger partial charge in [-0.1, -0.05) is 0 Å². The summed E-state index contributed by atoms with van der Waals surface area (Å²) >= 11 is 5.23. The van der Waals surface area contributed by atoms with Crippen LogP contribution in [-0.2, 0) is 9.47 Å². The third kappa shape index (κ3) is 2.76. The maximum atomic E-state index is 12.0. The second-order valence-corrected chi connectivity index (χ2v) is 6.22. The molecule has 0 saturated carbocycles. The van der Waals surface area contributed by atoms with E-state index >= 15 is 0 Å². The van der Waals surface area contributed by atoms with Crippen molar-refractivity contribution in [3.8, 4) is 0 Å². The molecule has 138 valence electrons. The van der Waals surface area contributed by atoms with E-state index < -0.39 is 36.2 Å². The average Bonchev–Trinajstić information content (AvgIpc) is 3.01. The molecule has 0 unspecified atom stereocenters. The van der Waals surface area contributed by atoms with Gasteiger partial charge >= 0.3 is 0 Å². The summed E-state index contributed by atoms with van der Waals surface area (Å²) in [4.78, 5) is 21.1. The fourth-order valence-corrected chi connectivity index (χ4v) is 3.32. The lowest BCUT2D eigenvalue weighted by atomic mass is 9.90. The minimum Gasteiger partial charge on any atom is -0.394 e. The van der Waals surface area contributed by atoms with Gasteiger partial charge in [0.25, 0.3) is 5.56 Å². The molecule has 2 aromatic rings. The zero-order chi connectivity index (χ0) is 18.4. The molecule has 0 aromatic carbocycles. The monoisotopic (exact) mass is 373 g/mol. The summed E-state index contributed by atoms with van der Waals surface area (Å²) < 4.78 is 11.9. The van der Waals surface area contributed by atoms with E-state index in [1.165, 1.54) is 11.7 Å². The first kappa shape index (κ1) is 18.0. The van der Waals surface area contributed by atoms with Crippen molar-refractivity contribution in [2.24, 2.45) is 0 Å². The van der Waals surface area contributed by atoms with Crippen molar-refractivity contribution in [2.45, 2.75) is 30.5 Å². The minimum atomic E-state index is -1.82. The van der Waals surface area contributed by atoms with E-state index in [1.807, 2.05) is 0 Å². The molecule has 11 nitrogen and oxygen atoms in total. The van der Waals surface area contributed by atoms with E-state index in [9.17, 15) is 20.1 Å². The Bertz CT molecular complexity index is 893. The number of H-pyrrole nitrogens is 2. The van der Waals surface area contributed by atoms with Crippen molar-refractivity contribution >= 4 is 29.3 Å². The van der Waals surface area contributed by atoms with Crippen LogP contribution in [0.5, 0.6) is 0 Å². The number of nitrogens with one attached hydrogen (secondary N) is 2.